The first-order valence-corrected chi connectivity index (χ1v) is 9.54. The number of fused-ring (bicyclic) bond motifs is 1. The van der Waals surface area contributed by atoms with E-state index in [-0.39, 0.29) is 6.04 Å². The van der Waals surface area contributed by atoms with Gasteiger partial charge in [-0.25, -0.2) is 9.59 Å². The summed E-state index contributed by atoms with van der Waals surface area (Å²) in [7, 11) is 0. The summed E-state index contributed by atoms with van der Waals surface area (Å²) in [6, 6.07) is 6.81. The summed E-state index contributed by atoms with van der Waals surface area (Å²) >= 11 is 0. The largest absolute Gasteiger partial charge is 0.449 e. The number of amides is 3. The van der Waals surface area contributed by atoms with Gasteiger partial charge in [-0.2, -0.15) is 0 Å². The fourth-order valence-electron chi connectivity index (χ4n) is 3.42. The van der Waals surface area contributed by atoms with Crippen LogP contribution in [-0.4, -0.2) is 35.0 Å². The van der Waals surface area contributed by atoms with Gasteiger partial charge in [-0.15, -0.1) is 0 Å². The molecule has 28 heavy (non-hydrogen) atoms. The SMILES string of the molecule is Cc1ccc2nc(C)cc(C(=O)O[C@H](C)C(=O)NC(=O)NC3CCCC3)c2c1. The number of rotatable bonds is 4. The minimum atomic E-state index is -1.10. The molecule has 1 saturated carbocycles. The summed E-state index contributed by atoms with van der Waals surface area (Å²) in [5.74, 6) is -1.28. The Balaban J connectivity index is 1.66. The van der Waals surface area contributed by atoms with Gasteiger partial charge in [-0.3, -0.25) is 15.1 Å². The highest BCUT2D eigenvalue weighted by atomic mass is 16.5. The van der Waals surface area contributed by atoms with E-state index in [0.29, 0.717) is 22.2 Å². The number of pyridine rings is 1. The number of benzene rings is 1. The van der Waals surface area contributed by atoms with Gasteiger partial charge in [-0.05, 0) is 51.8 Å². The van der Waals surface area contributed by atoms with Crippen molar-refractivity contribution < 1.29 is 19.1 Å². The molecule has 1 aromatic heterocycles. The van der Waals surface area contributed by atoms with Gasteiger partial charge in [0.15, 0.2) is 6.10 Å². The van der Waals surface area contributed by atoms with E-state index in [2.05, 4.69) is 15.6 Å². The number of ether oxygens (including phenoxy) is 1. The fourth-order valence-corrected chi connectivity index (χ4v) is 3.42. The number of nitrogens with zero attached hydrogens (tertiary/aromatic N) is 1. The third kappa shape index (κ3) is 4.65. The minimum absolute atomic E-state index is 0.0973. The first-order valence-electron chi connectivity index (χ1n) is 9.54. The maximum Gasteiger partial charge on any atom is 0.339 e. The molecule has 1 aliphatic rings. The molecular weight excluding hydrogens is 358 g/mol. The number of hydrogen-bond donors (Lipinski definition) is 2. The lowest BCUT2D eigenvalue weighted by Crippen LogP contribution is -2.47. The molecule has 2 N–H and O–H groups in total. The molecule has 0 unspecified atom stereocenters. The highest BCUT2D eigenvalue weighted by Gasteiger charge is 2.24. The Bertz CT molecular complexity index is 919. The van der Waals surface area contributed by atoms with Crippen molar-refractivity contribution in [1.29, 1.82) is 0 Å². The average Bonchev–Trinajstić information content (AvgIpc) is 3.14. The molecule has 0 saturated heterocycles. The van der Waals surface area contributed by atoms with Crippen molar-refractivity contribution in [2.45, 2.75) is 58.6 Å². The quantitative estimate of drug-likeness (QED) is 0.791. The van der Waals surface area contributed by atoms with Crippen LogP contribution in [-0.2, 0) is 9.53 Å². The predicted octanol–water partition coefficient (Wildman–Crippen LogP) is 3.17. The second kappa shape index (κ2) is 8.37. The Hall–Kier alpha value is -2.96. The summed E-state index contributed by atoms with van der Waals surface area (Å²) < 4.78 is 5.31. The number of nitrogens with one attached hydrogen (secondary N) is 2. The molecule has 0 radical (unpaired) electrons. The number of esters is 1. The van der Waals surface area contributed by atoms with Crippen molar-refractivity contribution in [3.63, 3.8) is 0 Å². The zero-order valence-electron chi connectivity index (χ0n) is 16.4. The van der Waals surface area contributed by atoms with Crippen molar-refractivity contribution in [1.82, 2.24) is 15.6 Å². The highest BCUT2D eigenvalue weighted by Crippen LogP contribution is 2.21. The number of carbonyl (C=O) groups is 3. The van der Waals surface area contributed by atoms with E-state index >= 15 is 0 Å². The highest BCUT2D eigenvalue weighted by molar-refractivity contribution is 6.05. The van der Waals surface area contributed by atoms with E-state index in [0.717, 1.165) is 31.2 Å². The Labute approximate surface area is 163 Å². The van der Waals surface area contributed by atoms with Crippen LogP contribution in [0.2, 0.25) is 0 Å². The van der Waals surface area contributed by atoms with Gasteiger partial charge < -0.3 is 10.1 Å². The molecular formula is C21H25N3O4. The number of aryl methyl sites for hydroxylation is 2. The van der Waals surface area contributed by atoms with Crippen LogP contribution in [0.3, 0.4) is 0 Å². The molecule has 0 spiro atoms. The van der Waals surface area contributed by atoms with Crippen LogP contribution in [0.5, 0.6) is 0 Å². The Morgan fingerprint density at radius 2 is 1.86 bits per heavy atom. The summed E-state index contributed by atoms with van der Waals surface area (Å²) in [6.07, 6.45) is 2.88. The minimum Gasteiger partial charge on any atom is -0.449 e. The lowest BCUT2D eigenvalue weighted by Gasteiger charge is -2.16. The lowest BCUT2D eigenvalue weighted by molar-refractivity contribution is -0.127. The third-order valence-corrected chi connectivity index (χ3v) is 4.89. The van der Waals surface area contributed by atoms with E-state index in [1.807, 2.05) is 25.1 Å². The molecule has 3 rings (SSSR count). The van der Waals surface area contributed by atoms with Gasteiger partial charge in [-0.1, -0.05) is 24.5 Å². The molecule has 1 aromatic carbocycles. The molecule has 1 heterocycles. The van der Waals surface area contributed by atoms with Crippen LogP contribution in [0.15, 0.2) is 24.3 Å². The van der Waals surface area contributed by atoms with E-state index < -0.39 is 24.0 Å². The molecule has 2 aromatic rings. The smallest absolute Gasteiger partial charge is 0.339 e. The molecule has 0 bridgehead atoms. The van der Waals surface area contributed by atoms with Crippen molar-refractivity contribution in [2.24, 2.45) is 0 Å². The Kier molecular flexibility index (Phi) is 5.92. The lowest BCUT2D eigenvalue weighted by atomic mass is 10.1. The molecule has 7 nitrogen and oxygen atoms in total. The zero-order chi connectivity index (χ0) is 20.3. The predicted molar refractivity (Wildman–Crippen MR) is 105 cm³/mol. The number of hydrogen-bond acceptors (Lipinski definition) is 5. The van der Waals surface area contributed by atoms with Crippen LogP contribution in [0.25, 0.3) is 10.9 Å². The molecule has 0 aliphatic heterocycles. The number of imide groups is 1. The number of urea groups is 1. The van der Waals surface area contributed by atoms with E-state index in [1.165, 1.54) is 6.92 Å². The number of aromatic nitrogens is 1. The molecule has 3 amide bonds. The monoisotopic (exact) mass is 383 g/mol. The molecule has 148 valence electrons. The third-order valence-electron chi connectivity index (χ3n) is 4.89. The maximum absolute atomic E-state index is 12.7. The zero-order valence-corrected chi connectivity index (χ0v) is 16.4. The summed E-state index contributed by atoms with van der Waals surface area (Å²) in [4.78, 5) is 41.2. The second-order valence-electron chi connectivity index (χ2n) is 7.32. The molecule has 1 aliphatic carbocycles. The van der Waals surface area contributed by atoms with Gasteiger partial charge in [0.25, 0.3) is 5.91 Å². The van der Waals surface area contributed by atoms with Gasteiger partial charge in [0.1, 0.15) is 0 Å². The van der Waals surface area contributed by atoms with E-state index in [9.17, 15) is 14.4 Å². The molecule has 1 fully saturated rings. The van der Waals surface area contributed by atoms with Crippen molar-refractivity contribution in [3.8, 4) is 0 Å². The van der Waals surface area contributed by atoms with Gasteiger partial charge >= 0.3 is 12.0 Å². The van der Waals surface area contributed by atoms with Crippen LogP contribution in [0.4, 0.5) is 4.79 Å². The van der Waals surface area contributed by atoms with Gasteiger partial charge in [0, 0.05) is 17.1 Å². The maximum atomic E-state index is 12.7. The van der Waals surface area contributed by atoms with Crippen LogP contribution >= 0.6 is 0 Å². The van der Waals surface area contributed by atoms with E-state index in [4.69, 9.17) is 4.74 Å². The summed E-state index contributed by atoms with van der Waals surface area (Å²) in [5.41, 5.74) is 2.70. The fraction of sp³-hybridized carbons (Fsp3) is 0.429. The van der Waals surface area contributed by atoms with Gasteiger partial charge in [0.05, 0.1) is 11.1 Å². The first-order chi connectivity index (χ1) is 13.3. The van der Waals surface area contributed by atoms with Gasteiger partial charge in [0.2, 0.25) is 0 Å². The molecule has 7 heteroatoms. The van der Waals surface area contributed by atoms with E-state index in [1.54, 1.807) is 13.0 Å². The molecule has 1 atom stereocenters. The topological polar surface area (TPSA) is 97.4 Å². The standard InChI is InChI=1S/C21H25N3O4/c1-12-8-9-18-16(10-12)17(11-13(2)22-18)20(26)28-14(3)19(25)24-21(27)23-15-6-4-5-7-15/h8-11,14-15H,4-7H2,1-3H3,(H2,23,24,25,27)/t14-/m1/s1. The average molecular weight is 383 g/mol. The Morgan fingerprint density at radius 3 is 2.57 bits per heavy atom. The van der Waals surface area contributed by atoms with Crippen LogP contribution < -0.4 is 10.6 Å². The normalized spacial score (nSPS) is 15.2. The van der Waals surface area contributed by atoms with Crippen molar-refractivity contribution in [2.75, 3.05) is 0 Å². The van der Waals surface area contributed by atoms with Crippen molar-refractivity contribution in [3.05, 3.63) is 41.1 Å². The Morgan fingerprint density at radius 1 is 1.14 bits per heavy atom. The van der Waals surface area contributed by atoms with Crippen molar-refractivity contribution >= 4 is 28.8 Å². The number of carbonyl (C=O) groups excluding carboxylic acids is 3. The second-order valence-corrected chi connectivity index (χ2v) is 7.32. The van der Waals surface area contributed by atoms with Crippen LogP contribution in [0, 0.1) is 13.8 Å². The van der Waals surface area contributed by atoms with Crippen LogP contribution in [0.1, 0.15) is 54.2 Å². The summed E-state index contributed by atoms with van der Waals surface area (Å²) in [5, 5.41) is 5.68. The summed E-state index contributed by atoms with van der Waals surface area (Å²) in [6.45, 7) is 5.16. The first kappa shape index (κ1) is 19.8.